The number of thioether (sulfide) groups is 4. The highest BCUT2D eigenvalue weighted by Gasteiger charge is 2.31. The molecule has 0 aliphatic carbocycles. The Balaban J connectivity index is 1.82. The van der Waals surface area contributed by atoms with Crippen molar-refractivity contribution in [2.24, 2.45) is 0 Å². The molecule has 0 bridgehead atoms. The highest BCUT2D eigenvalue weighted by Crippen LogP contribution is 2.41. The van der Waals surface area contributed by atoms with Crippen molar-refractivity contribution in [3.63, 3.8) is 0 Å². The molecule has 0 aromatic rings. The van der Waals surface area contributed by atoms with Gasteiger partial charge in [-0.2, -0.15) is 0 Å². The molecule has 0 atom stereocenters. The van der Waals surface area contributed by atoms with E-state index in [0.717, 1.165) is 0 Å². The minimum Gasteiger partial charge on any atom is -0.389 e. The molecule has 2 rings (SSSR count). The zero-order valence-electron chi connectivity index (χ0n) is 8.05. The Bertz CT molecular complexity index is 148. The maximum Gasteiger partial charge on any atom is 0.0959 e. The van der Waals surface area contributed by atoms with Gasteiger partial charge in [-0.3, -0.25) is 0 Å². The molecule has 0 radical (unpaired) electrons. The molecule has 2 fully saturated rings. The van der Waals surface area contributed by atoms with E-state index in [9.17, 15) is 5.11 Å². The van der Waals surface area contributed by atoms with Crippen molar-refractivity contribution in [3.05, 3.63) is 0 Å². The van der Waals surface area contributed by atoms with Gasteiger partial charge in [0.2, 0.25) is 0 Å². The highest BCUT2D eigenvalue weighted by molar-refractivity contribution is 8.19. The topological polar surface area (TPSA) is 20.2 Å². The van der Waals surface area contributed by atoms with Crippen LogP contribution in [0.3, 0.4) is 0 Å². The molecule has 2 saturated heterocycles. The van der Waals surface area contributed by atoms with Gasteiger partial charge >= 0.3 is 0 Å². The summed E-state index contributed by atoms with van der Waals surface area (Å²) in [7, 11) is 0. The van der Waals surface area contributed by atoms with Crippen molar-refractivity contribution in [1.29, 1.82) is 0 Å². The normalized spacial score (nSPS) is 27.0. The van der Waals surface area contributed by atoms with Gasteiger partial charge in [0.25, 0.3) is 0 Å². The molecule has 82 valence electrons. The zero-order valence-corrected chi connectivity index (χ0v) is 11.3. The van der Waals surface area contributed by atoms with Crippen LogP contribution in [0.5, 0.6) is 0 Å². The fourth-order valence-electron chi connectivity index (χ4n) is 1.53. The summed E-state index contributed by atoms with van der Waals surface area (Å²) in [5, 5.41) is 10.2. The molecule has 2 aliphatic rings. The Hall–Kier alpha value is 1.36. The average molecular weight is 268 g/mol. The van der Waals surface area contributed by atoms with Crippen molar-refractivity contribution in [3.8, 4) is 0 Å². The molecule has 14 heavy (non-hydrogen) atoms. The maximum absolute atomic E-state index is 10.2. The van der Waals surface area contributed by atoms with E-state index in [4.69, 9.17) is 0 Å². The van der Waals surface area contributed by atoms with Gasteiger partial charge in [0.15, 0.2) is 0 Å². The molecule has 0 aromatic heterocycles. The predicted molar refractivity (Wildman–Crippen MR) is 72.6 cm³/mol. The van der Waals surface area contributed by atoms with E-state index in [0.29, 0.717) is 9.16 Å². The molecule has 5 heteroatoms. The zero-order chi connectivity index (χ0) is 9.80. The van der Waals surface area contributed by atoms with Crippen LogP contribution in [0.4, 0.5) is 0 Å². The van der Waals surface area contributed by atoms with Gasteiger partial charge in [-0.05, 0) is 35.9 Å². The SMILES string of the molecule is OC(C1SCCCS1)C1SCCCS1. The number of rotatable bonds is 2. The lowest BCUT2D eigenvalue weighted by Crippen LogP contribution is -2.33. The summed E-state index contributed by atoms with van der Waals surface area (Å²) in [6, 6.07) is 0. The van der Waals surface area contributed by atoms with Crippen LogP contribution in [0.25, 0.3) is 0 Å². The first kappa shape index (κ1) is 11.8. The monoisotopic (exact) mass is 268 g/mol. The van der Waals surface area contributed by atoms with Gasteiger partial charge in [-0.25, -0.2) is 0 Å². The number of aliphatic hydroxyl groups excluding tert-OH is 1. The minimum atomic E-state index is -0.111. The van der Waals surface area contributed by atoms with Gasteiger partial charge in [-0.1, -0.05) is 0 Å². The summed E-state index contributed by atoms with van der Waals surface area (Å²) < 4.78 is 0.874. The van der Waals surface area contributed by atoms with E-state index >= 15 is 0 Å². The quantitative estimate of drug-likeness (QED) is 0.828. The Morgan fingerprint density at radius 3 is 1.50 bits per heavy atom. The molecule has 1 N–H and O–H groups in total. The molecule has 1 nitrogen and oxygen atoms in total. The summed E-state index contributed by atoms with van der Waals surface area (Å²) in [6.07, 6.45) is 2.51. The summed E-state index contributed by atoms with van der Waals surface area (Å²) in [4.78, 5) is 0. The third-order valence-corrected chi connectivity index (χ3v) is 8.42. The summed E-state index contributed by atoms with van der Waals surface area (Å²) >= 11 is 7.80. The van der Waals surface area contributed by atoms with Crippen LogP contribution >= 0.6 is 47.0 Å². The van der Waals surface area contributed by atoms with Crippen LogP contribution in [0.1, 0.15) is 12.8 Å². The number of hydrogen-bond donors (Lipinski definition) is 1. The summed E-state index contributed by atoms with van der Waals surface area (Å²) in [5.74, 6) is 4.93. The largest absolute Gasteiger partial charge is 0.389 e. The second kappa shape index (κ2) is 6.18. The maximum atomic E-state index is 10.2. The fourth-order valence-corrected chi connectivity index (χ4v) is 7.81. The van der Waals surface area contributed by atoms with Crippen molar-refractivity contribution < 1.29 is 5.11 Å². The lowest BCUT2D eigenvalue weighted by Gasteiger charge is -2.32. The standard InChI is InChI=1S/C9H16OS4/c10-7(8-11-3-1-4-12-8)9-13-5-2-6-14-9/h7-10H,1-6H2. The fraction of sp³-hybridized carbons (Fsp3) is 1.00. The molecule has 0 amide bonds. The van der Waals surface area contributed by atoms with E-state index in [-0.39, 0.29) is 6.10 Å². The number of hydrogen-bond acceptors (Lipinski definition) is 5. The van der Waals surface area contributed by atoms with E-state index < -0.39 is 0 Å². The van der Waals surface area contributed by atoms with Gasteiger partial charge in [0.05, 0.1) is 15.3 Å². The van der Waals surface area contributed by atoms with Gasteiger partial charge in [-0.15, -0.1) is 47.0 Å². The molecule has 0 aromatic carbocycles. The Morgan fingerprint density at radius 1 is 0.786 bits per heavy atom. The first-order valence-electron chi connectivity index (χ1n) is 5.02. The predicted octanol–water partition coefficient (Wildman–Crippen LogP) is 2.74. The van der Waals surface area contributed by atoms with Crippen molar-refractivity contribution in [2.45, 2.75) is 28.1 Å². The summed E-state index contributed by atoms with van der Waals surface area (Å²) in [5.41, 5.74) is 0. The molecule has 0 spiro atoms. The highest BCUT2D eigenvalue weighted by atomic mass is 32.2. The van der Waals surface area contributed by atoms with Crippen LogP contribution in [-0.4, -0.2) is 43.4 Å². The lowest BCUT2D eigenvalue weighted by molar-refractivity contribution is 0.209. The van der Waals surface area contributed by atoms with E-state index in [1.54, 1.807) is 0 Å². The van der Waals surface area contributed by atoms with Gasteiger partial charge in [0, 0.05) is 0 Å². The second-order valence-electron chi connectivity index (χ2n) is 3.42. The Kier molecular flexibility index (Phi) is 5.23. The molecule has 0 unspecified atom stereocenters. The Morgan fingerprint density at radius 2 is 1.14 bits per heavy atom. The molecular formula is C9H16OS4. The van der Waals surface area contributed by atoms with Crippen LogP contribution in [-0.2, 0) is 0 Å². The smallest absolute Gasteiger partial charge is 0.0959 e. The first-order valence-corrected chi connectivity index (χ1v) is 9.22. The number of aliphatic hydroxyl groups is 1. The lowest BCUT2D eigenvalue weighted by atomic mass is 10.5. The van der Waals surface area contributed by atoms with Crippen molar-refractivity contribution >= 4 is 47.0 Å². The van der Waals surface area contributed by atoms with Crippen LogP contribution in [0, 0.1) is 0 Å². The first-order chi connectivity index (χ1) is 6.88. The average Bonchev–Trinajstić information content (AvgIpc) is 2.30. The van der Waals surface area contributed by atoms with Crippen molar-refractivity contribution in [2.75, 3.05) is 23.0 Å². The summed E-state index contributed by atoms with van der Waals surface area (Å²) in [6.45, 7) is 0. The van der Waals surface area contributed by atoms with Crippen molar-refractivity contribution in [1.82, 2.24) is 0 Å². The van der Waals surface area contributed by atoms with Gasteiger partial charge < -0.3 is 5.11 Å². The minimum absolute atomic E-state index is 0.111. The van der Waals surface area contributed by atoms with Crippen LogP contribution in [0.15, 0.2) is 0 Å². The molecule has 0 saturated carbocycles. The molecule has 2 aliphatic heterocycles. The van der Waals surface area contributed by atoms with E-state index in [1.807, 2.05) is 47.0 Å². The Labute approximate surface area is 103 Å². The molecule has 2 heterocycles. The van der Waals surface area contributed by atoms with E-state index in [2.05, 4.69) is 0 Å². The van der Waals surface area contributed by atoms with Crippen LogP contribution in [0.2, 0.25) is 0 Å². The second-order valence-corrected chi connectivity index (χ2v) is 9.01. The van der Waals surface area contributed by atoms with Crippen LogP contribution < -0.4 is 0 Å². The van der Waals surface area contributed by atoms with E-state index in [1.165, 1.54) is 35.9 Å². The third-order valence-electron chi connectivity index (χ3n) is 2.26. The van der Waals surface area contributed by atoms with Gasteiger partial charge in [0.1, 0.15) is 0 Å². The molecular weight excluding hydrogens is 252 g/mol. The third kappa shape index (κ3) is 3.17.